The number of hydrogen-bond donors (Lipinski definition) is 3. The SMILES string of the molecule is CCNC(=NCc1ccnc(Oc2ccc(C)c(C)c2)c1)NCC(C)(O)c1ccco1.I. The molecule has 0 amide bonds. The van der Waals surface area contributed by atoms with E-state index >= 15 is 0 Å². The van der Waals surface area contributed by atoms with Gasteiger partial charge in [-0.25, -0.2) is 9.98 Å². The van der Waals surface area contributed by atoms with Crippen molar-refractivity contribution in [1.82, 2.24) is 15.6 Å². The maximum atomic E-state index is 10.6. The number of nitrogens with zero attached hydrogens (tertiary/aromatic N) is 2. The highest BCUT2D eigenvalue weighted by molar-refractivity contribution is 14.0. The molecule has 0 bridgehead atoms. The van der Waals surface area contributed by atoms with Gasteiger partial charge in [-0.15, -0.1) is 24.0 Å². The number of furan rings is 1. The Morgan fingerprint density at radius 1 is 1.16 bits per heavy atom. The molecule has 1 aromatic carbocycles. The molecule has 0 saturated carbocycles. The zero-order valence-electron chi connectivity index (χ0n) is 18.9. The number of hydrogen-bond acceptors (Lipinski definition) is 5. The molecule has 32 heavy (non-hydrogen) atoms. The maximum absolute atomic E-state index is 10.6. The van der Waals surface area contributed by atoms with Gasteiger partial charge in [0.1, 0.15) is 17.1 Å². The first-order valence-electron chi connectivity index (χ1n) is 10.4. The van der Waals surface area contributed by atoms with Crippen LogP contribution >= 0.6 is 24.0 Å². The summed E-state index contributed by atoms with van der Waals surface area (Å²) in [6, 6.07) is 13.3. The van der Waals surface area contributed by atoms with Gasteiger partial charge >= 0.3 is 0 Å². The van der Waals surface area contributed by atoms with Crippen molar-refractivity contribution in [3.05, 3.63) is 77.4 Å². The number of aliphatic hydroxyl groups is 1. The fraction of sp³-hybridized carbons (Fsp3) is 0.333. The van der Waals surface area contributed by atoms with Gasteiger partial charge in [0.2, 0.25) is 5.88 Å². The molecule has 0 aliphatic carbocycles. The molecule has 0 saturated heterocycles. The highest BCUT2D eigenvalue weighted by atomic mass is 127. The summed E-state index contributed by atoms with van der Waals surface area (Å²) < 4.78 is 11.2. The van der Waals surface area contributed by atoms with Crippen LogP contribution in [-0.2, 0) is 12.1 Å². The van der Waals surface area contributed by atoms with Crippen molar-refractivity contribution < 1.29 is 14.3 Å². The van der Waals surface area contributed by atoms with Crippen molar-refractivity contribution in [3.63, 3.8) is 0 Å². The van der Waals surface area contributed by atoms with E-state index in [2.05, 4.69) is 34.5 Å². The largest absolute Gasteiger partial charge is 0.466 e. The molecule has 2 heterocycles. The average Bonchev–Trinajstić information content (AvgIpc) is 3.29. The van der Waals surface area contributed by atoms with Gasteiger partial charge < -0.3 is 24.9 Å². The van der Waals surface area contributed by atoms with Crippen molar-refractivity contribution in [2.75, 3.05) is 13.1 Å². The van der Waals surface area contributed by atoms with E-state index in [1.165, 1.54) is 11.1 Å². The summed E-state index contributed by atoms with van der Waals surface area (Å²) in [5.74, 6) is 2.38. The first-order chi connectivity index (χ1) is 14.9. The Kier molecular flexibility index (Phi) is 9.52. The predicted octanol–water partition coefficient (Wildman–Crippen LogP) is 4.66. The minimum Gasteiger partial charge on any atom is -0.466 e. The number of aromatic nitrogens is 1. The molecule has 3 aromatic rings. The topological polar surface area (TPSA) is 91.9 Å². The molecule has 172 valence electrons. The van der Waals surface area contributed by atoms with Gasteiger partial charge in [-0.3, -0.25) is 0 Å². The second kappa shape index (κ2) is 11.9. The van der Waals surface area contributed by atoms with E-state index in [-0.39, 0.29) is 30.5 Å². The molecule has 0 spiro atoms. The van der Waals surface area contributed by atoms with E-state index < -0.39 is 5.60 Å². The fourth-order valence-electron chi connectivity index (χ4n) is 2.94. The molecule has 0 aliphatic rings. The molecule has 1 unspecified atom stereocenters. The third-order valence-electron chi connectivity index (χ3n) is 4.92. The molecule has 1 atom stereocenters. The number of pyridine rings is 1. The van der Waals surface area contributed by atoms with Gasteiger partial charge in [-0.05, 0) is 74.7 Å². The number of aryl methyl sites for hydroxylation is 2. The van der Waals surface area contributed by atoms with Gasteiger partial charge in [0.25, 0.3) is 0 Å². The molecular weight excluding hydrogens is 519 g/mol. The Hall–Kier alpha value is -2.59. The van der Waals surface area contributed by atoms with Crippen LogP contribution in [-0.4, -0.2) is 29.1 Å². The zero-order valence-corrected chi connectivity index (χ0v) is 21.2. The van der Waals surface area contributed by atoms with E-state index in [4.69, 9.17) is 9.15 Å². The molecule has 7 nitrogen and oxygen atoms in total. The van der Waals surface area contributed by atoms with Crippen molar-refractivity contribution in [2.24, 2.45) is 4.99 Å². The first kappa shape index (κ1) is 25.7. The number of benzene rings is 1. The van der Waals surface area contributed by atoms with Crippen molar-refractivity contribution >= 4 is 29.9 Å². The standard InChI is InChI=1S/C24H30N4O3.HI/c1-5-25-23(28-16-24(4,29)21-7-6-12-30-21)27-15-19-10-11-26-22(14-19)31-20-9-8-17(2)18(3)13-20;/h6-14,29H,5,15-16H2,1-4H3,(H2,25,27,28);1H. The summed E-state index contributed by atoms with van der Waals surface area (Å²) in [4.78, 5) is 8.91. The maximum Gasteiger partial charge on any atom is 0.219 e. The first-order valence-corrected chi connectivity index (χ1v) is 10.4. The van der Waals surface area contributed by atoms with Crippen LogP contribution in [0.2, 0.25) is 0 Å². The molecule has 0 radical (unpaired) electrons. The summed E-state index contributed by atoms with van der Waals surface area (Å²) in [7, 11) is 0. The lowest BCUT2D eigenvalue weighted by atomic mass is 10.0. The van der Waals surface area contributed by atoms with Gasteiger partial charge in [0.05, 0.1) is 19.4 Å². The zero-order chi connectivity index (χ0) is 22.3. The predicted molar refractivity (Wildman–Crippen MR) is 137 cm³/mol. The molecule has 0 aliphatic heterocycles. The van der Waals surface area contributed by atoms with Crippen LogP contribution < -0.4 is 15.4 Å². The van der Waals surface area contributed by atoms with E-state index in [0.29, 0.717) is 30.7 Å². The van der Waals surface area contributed by atoms with Crippen molar-refractivity contribution in [1.29, 1.82) is 0 Å². The Morgan fingerprint density at radius 3 is 2.66 bits per heavy atom. The Balaban J connectivity index is 0.00000363. The van der Waals surface area contributed by atoms with Crippen LogP contribution in [0, 0.1) is 13.8 Å². The molecule has 0 fully saturated rings. The smallest absolute Gasteiger partial charge is 0.219 e. The lowest BCUT2D eigenvalue weighted by Crippen LogP contribution is -2.44. The normalized spacial score (nSPS) is 13.1. The lowest BCUT2D eigenvalue weighted by Gasteiger charge is -2.22. The molecule has 8 heteroatoms. The average molecular weight is 550 g/mol. The summed E-state index contributed by atoms with van der Waals surface area (Å²) in [5, 5.41) is 17.0. The number of halogens is 1. The summed E-state index contributed by atoms with van der Waals surface area (Å²) in [6.45, 7) is 9.20. The monoisotopic (exact) mass is 550 g/mol. The number of ether oxygens (including phenoxy) is 1. The molecule has 3 N–H and O–H groups in total. The van der Waals surface area contributed by atoms with E-state index in [1.807, 2.05) is 37.3 Å². The van der Waals surface area contributed by atoms with Crippen LogP contribution in [0.4, 0.5) is 0 Å². The Morgan fingerprint density at radius 2 is 1.97 bits per heavy atom. The van der Waals surface area contributed by atoms with E-state index in [9.17, 15) is 5.11 Å². The third kappa shape index (κ3) is 7.23. The van der Waals surface area contributed by atoms with Crippen LogP contribution in [0.5, 0.6) is 11.6 Å². The Bertz CT molecular complexity index is 1020. The number of nitrogens with one attached hydrogen (secondary N) is 2. The second-order valence-corrected chi connectivity index (χ2v) is 7.65. The highest BCUT2D eigenvalue weighted by Crippen LogP contribution is 2.23. The highest BCUT2D eigenvalue weighted by Gasteiger charge is 2.26. The summed E-state index contributed by atoms with van der Waals surface area (Å²) in [5.41, 5.74) is 2.20. The molecule has 3 rings (SSSR count). The van der Waals surface area contributed by atoms with Gasteiger partial charge in [-0.1, -0.05) is 6.07 Å². The number of rotatable bonds is 8. The quantitative estimate of drug-likeness (QED) is 0.215. The van der Waals surface area contributed by atoms with Crippen molar-refractivity contribution in [2.45, 2.75) is 39.8 Å². The summed E-state index contributed by atoms with van der Waals surface area (Å²) in [6.07, 6.45) is 3.26. The van der Waals surface area contributed by atoms with Crippen molar-refractivity contribution in [3.8, 4) is 11.6 Å². The second-order valence-electron chi connectivity index (χ2n) is 7.65. The van der Waals surface area contributed by atoms with Crippen LogP contribution in [0.1, 0.15) is 36.3 Å². The van der Waals surface area contributed by atoms with Crippen LogP contribution in [0.15, 0.2) is 64.3 Å². The number of aliphatic imine (C=N–C) groups is 1. The Labute approximate surface area is 206 Å². The van der Waals surface area contributed by atoms with E-state index in [1.54, 1.807) is 31.5 Å². The summed E-state index contributed by atoms with van der Waals surface area (Å²) >= 11 is 0. The van der Waals surface area contributed by atoms with Gasteiger partial charge in [0.15, 0.2) is 5.96 Å². The fourth-order valence-corrected chi connectivity index (χ4v) is 2.94. The van der Waals surface area contributed by atoms with Gasteiger partial charge in [0, 0.05) is 18.8 Å². The van der Waals surface area contributed by atoms with E-state index in [0.717, 1.165) is 11.3 Å². The van der Waals surface area contributed by atoms with Crippen LogP contribution in [0.25, 0.3) is 0 Å². The minimum atomic E-state index is -1.15. The lowest BCUT2D eigenvalue weighted by molar-refractivity contribution is 0.0386. The van der Waals surface area contributed by atoms with Crippen LogP contribution in [0.3, 0.4) is 0 Å². The third-order valence-corrected chi connectivity index (χ3v) is 4.92. The van der Waals surface area contributed by atoms with Gasteiger partial charge in [-0.2, -0.15) is 0 Å². The minimum absolute atomic E-state index is 0. The molecule has 2 aromatic heterocycles. The number of guanidine groups is 1. The molecular formula is C24H31IN4O3.